The van der Waals surface area contributed by atoms with Crippen LogP contribution in [-0.2, 0) is 17.8 Å². The zero-order valence-corrected chi connectivity index (χ0v) is 21.1. The fraction of sp³-hybridized carbons (Fsp3) is 0.370. The molecule has 0 spiro atoms. The number of imidazole rings is 1. The van der Waals surface area contributed by atoms with Crippen molar-refractivity contribution < 1.29 is 23.0 Å². The van der Waals surface area contributed by atoms with Crippen molar-refractivity contribution in [2.45, 2.75) is 45.1 Å². The Labute approximate surface area is 217 Å². The number of carbonyl (C=O) groups is 1. The Morgan fingerprint density at radius 3 is 2.61 bits per heavy atom. The van der Waals surface area contributed by atoms with Gasteiger partial charge in [0.05, 0.1) is 30.0 Å². The maximum Gasteiger partial charge on any atom is 0.410 e. The monoisotopic (exact) mass is 522 g/mol. The van der Waals surface area contributed by atoms with Gasteiger partial charge in [-0.3, -0.25) is 10.00 Å². The van der Waals surface area contributed by atoms with Gasteiger partial charge in [0.25, 0.3) is 0 Å². The van der Waals surface area contributed by atoms with E-state index in [-0.39, 0.29) is 12.2 Å². The largest absolute Gasteiger partial charge is 0.486 e. The first-order chi connectivity index (χ1) is 18.3. The van der Waals surface area contributed by atoms with Gasteiger partial charge in [-0.15, -0.1) is 0 Å². The smallest absolute Gasteiger partial charge is 0.410 e. The Morgan fingerprint density at radius 1 is 1.11 bits per heavy atom. The molecule has 0 bridgehead atoms. The Balaban J connectivity index is 1.16. The van der Waals surface area contributed by atoms with Gasteiger partial charge in [-0.2, -0.15) is 5.10 Å². The lowest BCUT2D eigenvalue weighted by atomic mass is 10.1. The summed E-state index contributed by atoms with van der Waals surface area (Å²) in [7, 11) is 2.07. The number of ether oxygens (including phenoxy) is 2. The topological polar surface area (TPSA) is 99.4 Å². The van der Waals surface area contributed by atoms with Gasteiger partial charge >= 0.3 is 6.09 Å². The number of nitrogens with zero attached hydrogens (tertiary/aromatic N) is 4. The van der Waals surface area contributed by atoms with Gasteiger partial charge in [0.1, 0.15) is 35.3 Å². The number of aromatic nitrogens is 4. The summed E-state index contributed by atoms with van der Waals surface area (Å²) in [6.45, 7) is 4.35. The van der Waals surface area contributed by atoms with E-state index >= 15 is 0 Å². The van der Waals surface area contributed by atoms with E-state index in [4.69, 9.17) is 14.5 Å². The third kappa shape index (κ3) is 4.81. The average molecular weight is 523 g/mol. The molecule has 198 valence electrons. The summed E-state index contributed by atoms with van der Waals surface area (Å²) < 4.78 is 39.0. The summed E-state index contributed by atoms with van der Waals surface area (Å²) in [5, 5.41) is 8.22. The number of H-pyrrole nitrogens is 2. The number of piperidine rings is 1. The number of carbonyl (C=O) groups excluding carboxylic acids is 1. The minimum Gasteiger partial charge on any atom is -0.486 e. The minimum atomic E-state index is -0.650. The van der Waals surface area contributed by atoms with E-state index in [9.17, 15) is 13.6 Å². The zero-order valence-electron chi connectivity index (χ0n) is 21.1. The van der Waals surface area contributed by atoms with Crippen LogP contribution in [-0.4, -0.2) is 62.3 Å². The standard InChI is InChI=1S/C27H28F2N6O3/c1-15(16-9-17(28)11-18(29)10-16)37-20-3-4-22-21(12-20)25(33-32-22)26-30-23-13-35(14-24(23)31-26)27(36)38-19-5-7-34(2)8-6-19/h3-4,9-12,15,19H,5-8,13-14H2,1-2H3,(H,30,31)(H,32,33). The molecule has 6 rings (SSSR count). The molecule has 0 radical (unpaired) electrons. The molecule has 4 heterocycles. The molecule has 0 saturated carbocycles. The van der Waals surface area contributed by atoms with Crippen LogP contribution in [0.1, 0.15) is 42.8 Å². The number of likely N-dealkylation sites (tertiary alicyclic amines) is 1. The van der Waals surface area contributed by atoms with Crippen LogP contribution >= 0.6 is 0 Å². The van der Waals surface area contributed by atoms with Gasteiger partial charge in [0.15, 0.2) is 5.82 Å². The zero-order chi connectivity index (χ0) is 26.4. The summed E-state index contributed by atoms with van der Waals surface area (Å²) in [4.78, 5) is 24.6. The number of benzene rings is 2. The van der Waals surface area contributed by atoms with E-state index in [1.54, 1.807) is 17.9 Å². The molecular formula is C27H28F2N6O3. The Morgan fingerprint density at radius 2 is 1.87 bits per heavy atom. The van der Waals surface area contributed by atoms with E-state index in [0.717, 1.165) is 54.3 Å². The van der Waals surface area contributed by atoms with Crippen molar-refractivity contribution in [3.05, 3.63) is 65.0 Å². The van der Waals surface area contributed by atoms with Crippen LogP contribution in [0.3, 0.4) is 0 Å². The molecule has 9 nitrogen and oxygen atoms in total. The fourth-order valence-electron chi connectivity index (χ4n) is 5.02. The van der Waals surface area contributed by atoms with E-state index in [1.165, 1.54) is 12.1 Å². The fourth-order valence-corrected chi connectivity index (χ4v) is 5.02. The first-order valence-electron chi connectivity index (χ1n) is 12.7. The third-order valence-corrected chi connectivity index (χ3v) is 7.17. The molecule has 1 unspecified atom stereocenters. The Hall–Kier alpha value is -3.99. The maximum atomic E-state index is 13.6. The average Bonchev–Trinajstić information content (AvgIpc) is 3.57. The van der Waals surface area contributed by atoms with Crippen molar-refractivity contribution in [1.82, 2.24) is 30.0 Å². The molecule has 2 N–H and O–H groups in total. The lowest BCUT2D eigenvalue weighted by Gasteiger charge is -2.29. The lowest BCUT2D eigenvalue weighted by molar-refractivity contribution is 0.0319. The minimum absolute atomic E-state index is 0.0457. The molecule has 2 aromatic carbocycles. The second-order valence-corrected chi connectivity index (χ2v) is 10.00. The number of hydrogen-bond donors (Lipinski definition) is 2. The van der Waals surface area contributed by atoms with Gasteiger partial charge in [-0.05, 0) is 62.7 Å². The Kier molecular flexibility index (Phi) is 6.22. The van der Waals surface area contributed by atoms with Crippen molar-refractivity contribution in [2.24, 2.45) is 0 Å². The molecule has 38 heavy (non-hydrogen) atoms. The van der Waals surface area contributed by atoms with Crippen molar-refractivity contribution in [1.29, 1.82) is 0 Å². The van der Waals surface area contributed by atoms with Crippen LogP contribution in [0.2, 0.25) is 0 Å². The van der Waals surface area contributed by atoms with Crippen LogP contribution in [0.4, 0.5) is 13.6 Å². The SMILES string of the molecule is CC(Oc1ccc2[nH]nc(-c3nc4c([nH]3)CN(C(=O)OC3CCN(C)CC3)C4)c2c1)c1cc(F)cc(F)c1. The second kappa shape index (κ2) is 9.71. The quantitative estimate of drug-likeness (QED) is 0.386. The highest BCUT2D eigenvalue weighted by Crippen LogP contribution is 2.32. The molecule has 2 aliphatic rings. The number of rotatable bonds is 5. The number of halogens is 2. The highest BCUT2D eigenvalue weighted by Gasteiger charge is 2.31. The van der Waals surface area contributed by atoms with Crippen LogP contribution < -0.4 is 4.74 Å². The normalized spacial score (nSPS) is 17.1. The summed E-state index contributed by atoms with van der Waals surface area (Å²) >= 11 is 0. The molecule has 4 aromatic rings. The van der Waals surface area contributed by atoms with Crippen molar-refractivity contribution in [3.8, 4) is 17.3 Å². The highest BCUT2D eigenvalue weighted by atomic mass is 19.1. The van der Waals surface area contributed by atoms with Gasteiger partial charge in [0.2, 0.25) is 0 Å². The third-order valence-electron chi connectivity index (χ3n) is 7.17. The number of aromatic amines is 2. The van der Waals surface area contributed by atoms with Crippen LogP contribution in [0.15, 0.2) is 36.4 Å². The number of amides is 1. The van der Waals surface area contributed by atoms with E-state index in [2.05, 4.69) is 27.1 Å². The number of nitrogens with one attached hydrogen (secondary N) is 2. The summed E-state index contributed by atoms with van der Waals surface area (Å²) in [6.07, 6.45) is 0.766. The molecule has 1 amide bonds. The van der Waals surface area contributed by atoms with Crippen LogP contribution in [0.5, 0.6) is 5.75 Å². The molecule has 1 saturated heterocycles. The summed E-state index contributed by atoms with van der Waals surface area (Å²) in [5.41, 5.74) is 3.44. The molecule has 2 aliphatic heterocycles. The van der Waals surface area contributed by atoms with E-state index in [1.807, 2.05) is 12.1 Å². The predicted molar refractivity (Wildman–Crippen MR) is 135 cm³/mol. The van der Waals surface area contributed by atoms with Gasteiger partial charge in [0, 0.05) is 24.5 Å². The van der Waals surface area contributed by atoms with Crippen LogP contribution in [0.25, 0.3) is 22.4 Å². The molecule has 1 atom stereocenters. The molecule has 11 heteroatoms. The van der Waals surface area contributed by atoms with E-state index < -0.39 is 17.7 Å². The second-order valence-electron chi connectivity index (χ2n) is 10.00. The predicted octanol–water partition coefficient (Wildman–Crippen LogP) is 4.92. The van der Waals surface area contributed by atoms with Crippen molar-refractivity contribution in [3.63, 3.8) is 0 Å². The van der Waals surface area contributed by atoms with Gasteiger partial charge in [-0.1, -0.05) is 0 Å². The molecule has 1 fully saturated rings. The van der Waals surface area contributed by atoms with E-state index in [0.29, 0.717) is 35.9 Å². The summed E-state index contributed by atoms with van der Waals surface area (Å²) in [6, 6.07) is 8.77. The maximum absolute atomic E-state index is 13.6. The first kappa shape index (κ1) is 24.4. The molecule has 0 aliphatic carbocycles. The summed E-state index contributed by atoms with van der Waals surface area (Å²) in [5.74, 6) is -0.189. The lowest BCUT2D eigenvalue weighted by Crippen LogP contribution is -2.38. The van der Waals surface area contributed by atoms with Gasteiger partial charge < -0.3 is 19.4 Å². The number of hydrogen-bond acceptors (Lipinski definition) is 6. The highest BCUT2D eigenvalue weighted by molar-refractivity contribution is 5.92. The molecular weight excluding hydrogens is 494 g/mol. The Bertz CT molecular complexity index is 1450. The first-order valence-corrected chi connectivity index (χ1v) is 12.7. The van der Waals surface area contributed by atoms with Gasteiger partial charge in [-0.25, -0.2) is 18.6 Å². The molecule has 2 aromatic heterocycles. The van der Waals surface area contributed by atoms with Crippen molar-refractivity contribution >= 4 is 17.0 Å². The van der Waals surface area contributed by atoms with Crippen LogP contribution in [0, 0.1) is 11.6 Å². The number of fused-ring (bicyclic) bond motifs is 2. The van der Waals surface area contributed by atoms with Crippen molar-refractivity contribution in [2.75, 3.05) is 20.1 Å².